The van der Waals surface area contributed by atoms with Crippen molar-refractivity contribution in [3.05, 3.63) is 17.5 Å². The van der Waals surface area contributed by atoms with E-state index >= 15 is 0 Å². The van der Waals surface area contributed by atoms with Crippen molar-refractivity contribution in [2.45, 2.75) is 19.4 Å². The number of aliphatic imine (C=N–C) groups is 1. The molecule has 0 fully saturated rings. The molecular formula is C12H21IN6O. The third-order valence-corrected chi connectivity index (χ3v) is 3.46. The van der Waals surface area contributed by atoms with Gasteiger partial charge in [0.25, 0.3) is 5.91 Å². The second-order valence-corrected chi connectivity index (χ2v) is 4.65. The molecule has 0 saturated carbocycles. The van der Waals surface area contributed by atoms with E-state index in [0.29, 0.717) is 11.5 Å². The highest BCUT2D eigenvalue weighted by Gasteiger charge is 2.24. The Labute approximate surface area is 135 Å². The molecule has 7 nitrogen and oxygen atoms in total. The van der Waals surface area contributed by atoms with Crippen LogP contribution in [0.2, 0.25) is 0 Å². The number of fused-ring (bicyclic) bond motifs is 1. The molecular weight excluding hydrogens is 371 g/mol. The van der Waals surface area contributed by atoms with Crippen molar-refractivity contribution in [2.75, 3.05) is 20.6 Å². The van der Waals surface area contributed by atoms with Crippen LogP contribution in [-0.4, -0.2) is 42.3 Å². The zero-order valence-corrected chi connectivity index (χ0v) is 14.0. The molecule has 4 N–H and O–H groups in total. The largest absolute Gasteiger partial charge is 0.365 e. The number of amides is 1. The number of nitrogens with one attached hydrogen (secondary N) is 2. The first-order valence-corrected chi connectivity index (χ1v) is 6.38. The number of hydrogen-bond acceptors (Lipinski definition) is 3. The van der Waals surface area contributed by atoms with Gasteiger partial charge in [-0.1, -0.05) is 0 Å². The quantitative estimate of drug-likeness (QED) is 0.382. The molecule has 0 aliphatic carbocycles. The van der Waals surface area contributed by atoms with Crippen molar-refractivity contribution in [1.29, 1.82) is 0 Å². The lowest BCUT2D eigenvalue weighted by Gasteiger charge is -2.24. The minimum absolute atomic E-state index is 0. The smallest absolute Gasteiger partial charge is 0.252 e. The number of carbonyl (C=O) groups is 1. The molecule has 2 rings (SSSR count). The highest BCUT2D eigenvalue weighted by Crippen LogP contribution is 2.22. The summed E-state index contributed by atoms with van der Waals surface area (Å²) in [5, 5.41) is 10.4. The van der Waals surface area contributed by atoms with Gasteiger partial charge >= 0.3 is 0 Å². The molecule has 112 valence electrons. The van der Waals surface area contributed by atoms with Gasteiger partial charge in [0.2, 0.25) is 0 Å². The average molecular weight is 392 g/mol. The van der Waals surface area contributed by atoms with E-state index in [0.717, 1.165) is 37.6 Å². The Morgan fingerprint density at radius 1 is 1.65 bits per heavy atom. The third-order valence-electron chi connectivity index (χ3n) is 3.46. The molecule has 8 heteroatoms. The summed E-state index contributed by atoms with van der Waals surface area (Å²) in [5.41, 5.74) is 6.85. The van der Waals surface area contributed by atoms with E-state index in [9.17, 15) is 4.79 Å². The first-order chi connectivity index (χ1) is 9.15. The number of rotatable bonds is 3. The normalized spacial score (nSPS) is 17.9. The molecule has 0 bridgehead atoms. The Morgan fingerprint density at radius 3 is 3.00 bits per heavy atom. The summed E-state index contributed by atoms with van der Waals surface area (Å²) >= 11 is 0. The van der Waals surface area contributed by atoms with E-state index < -0.39 is 5.91 Å². The van der Waals surface area contributed by atoms with Crippen LogP contribution < -0.4 is 16.4 Å². The predicted octanol–water partition coefficient (Wildman–Crippen LogP) is -0.0428. The SMILES string of the molecule is CN=C(NC)NCC1CCn2ncc(C(N)=O)c2C1.I. The zero-order chi connectivity index (χ0) is 13.8. The van der Waals surface area contributed by atoms with Crippen LogP contribution >= 0.6 is 24.0 Å². The molecule has 1 amide bonds. The lowest BCUT2D eigenvalue weighted by atomic mass is 9.94. The van der Waals surface area contributed by atoms with E-state index in [1.54, 1.807) is 13.2 Å². The maximum Gasteiger partial charge on any atom is 0.252 e. The highest BCUT2D eigenvalue weighted by molar-refractivity contribution is 14.0. The Balaban J connectivity index is 0.00000200. The molecule has 1 aliphatic heterocycles. The number of aryl methyl sites for hydroxylation is 1. The van der Waals surface area contributed by atoms with Crippen LogP contribution in [0, 0.1) is 5.92 Å². The van der Waals surface area contributed by atoms with E-state index in [2.05, 4.69) is 20.7 Å². The van der Waals surface area contributed by atoms with E-state index in [4.69, 9.17) is 5.73 Å². The molecule has 2 heterocycles. The number of guanidine groups is 1. The summed E-state index contributed by atoms with van der Waals surface area (Å²) in [7, 11) is 3.57. The lowest BCUT2D eigenvalue weighted by Crippen LogP contribution is -2.39. The van der Waals surface area contributed by atoms with Crippen molar-refractivity contribution in [3.63, 3.8) is 0 Å². The van der Waals surface area contributed by atoms with E-state index in [1.807, 2.05) is 11.7 Å². The lowest BCUT2D eigenvalue weighted by molar-refractivity contribution is 0.0998. The number of halogens is 1. The molecule has 1 aliphatic rings. The maximum absolute atomic E-state index is 11.3. The fraction of sp³-hybridized carbons (Fsp3) is 0.583. The van der Waals surface area contributed by atoms with Crippen LogP contribution in [0.5, 0.6) is 0 Å². The number of aromatic nitrogens is 2. The Hall–Kier alpha value is -1.32. The molecule has 0 aromatic carbocycles. The minimum Gasteiger partial charge on any atom is -0.365 e. The summed E-state index contributed by atoms with van der Waals surface area (Å²) in [6.45, 7) is 1.64. The Kier molecular flexibility index (Phi) is 6.24. The van der Waals surface area contributed by atoms with Gasteiger partial charge in [-0.05, 0) is 18.8 Å². The summed E-state index contributed by atoms with van der Waals surface area (Å²) in [6, 6.07) is 0. The van der Waals surface area contributed by atoms with Crippen molar-refractivity contribution in [3.8, 4) is 0 Å². The van der Waals surface area contributed by atoms with Gasteiger partial charge < -0.3 is 16.4 Å². The van der Waals surface area contributed by atoms with E-state index in [1.165, 1.54) is 0 Å². The molecule has 0 saturated heterocycles. The Morgan fingerprint density at radius 2 is 2.40 bits per heavy atom. The van der Waals surface area contributed by atoms with Crippen LogP contribution in [0.3, 0.4) is 0 Å². The Bertz CT molecular complexity index is 498. The number of nitrogens with zero attached hydrogens (tertiary/aromatic N) is 3. The van der Waals surface area contributed by atoms with Gasteiger partial charge in [-0.15, -0.1) is 24.0 Å². The molecule has 1 atom stereocenters. The van der Waals surface area contributed by atoms with Gasteiger partial charge in [-0.3, -0.25) is 14.5 Å². The van der Waals surface area contributed by atoms with Crippen molar-refractivity contribution in [1.82, 2.24) is 20.4 Å². The summed E-state index contributed by atoms with van der Waals surface area (Å²) < 4.78 is 1.88. The van der Waals surface area contributed by atoms with Crippen LogP contribution in [0.25, 0.3) is 0 Å². The van der Waals surface area contributed by atoms with Gasteiger partial charge in [0, 0.05) is 27.2 Å². The second kappa shape index (κ2) is 7.46. The third kappa shape index (κ3) is 3.62. The summed E-state index contributed by atoms with van der Waals surface area (Å²) in [6.07, 6.45) is 3.41. The van der Waals surface area contributed by atoms with Gasteiger partial charge in [0.15, 0.2) is 5.96 Å². The monoisotopic (exact) mass is 392 g/mol. The van der Waals surface area contributed by atoms with Crippen LogP contribution in [-0.2, 0) is 13.0 Å². The maximum atomic E-state index is 11.3. The standard InChI is InChI=1S/C12H20N6O.HI/c1-14-12(15-2)16-6-8-3-4-18-10(5-8)9(7-17-18)11(13)19;/h7-8H,3-6H2,1-2H3,(H2,13,19)(H2,14,15,16);1H. The van der Waals surface area contributed by atoms with Crippen LogP contribution in [0.15, 0.2) is 11.2 Å². The topological polar surface area (TPSA) is 97.3 Å². The van der Waals surface area contributed by atoms with Gasteiger partial charge in [-0.2, -0.15) is 5.10 Å². The fourth-order valence-electron chi connectivity index (χ4n) is 2.40. The average Bonchev–Trinajstić information content (AvgIpc) is 2.83. The molecule has 1 unspecified atom stereocenters. The van der Waals surface area contributed by atoms with Crippen molar-refractivity contribution in [2.24, 2.45) is 16.6 Å². The molecule has 1 aromatic rings. The fourth-order valence-corrected chi connectivity index (χ4v) is 2.40. The molecule has 1 aromatic heterocycles. The van der Waals surface area contributed by atoms with Gasteiger partial charge in [0.05, 0.1) is 17.5 Å². The van der Waals surface area contributed by atoms with Crippen molar-refractivity contribution >= 4 is 35.8 Å². The van der Waals surface area contributed by atoms with Crippen LogP contribution in [0.1, 0.15) is 22.5 Å². The molecule has 0 spiro atoms. The van der Waals surface area contributed by atoms with Crippen LogP contribution in [0.4, 0.5) is 0 Å². The predicted molar refractivity (Wildman–Crippen MR) is 88.4 cm³/mol. The number of primary amides is 1. The second-order valence-electron chi connectivity index (χ2n) is 4.65. The first-order valence-electron chi connectivity index (χ1n) is 6.38. The minimum atomic E-state index is -0.402. The number of hydrogen-bond donors (Lipinski definition) is 3. The van der Waals surface area contributed by atoms with E-state index in [-0.39, 0.29) is 24.0 Å². The highest BCUT2D eigenvalue weighted by atomic mass is 127. The summed E-state index contributed by atoms with van der Waals surface area (Å²) in [5.74, 6) is 0.822. The van der Waals surface area contributed by atoms with Crippen molar-refractivity contribution < 1.29 is 4.79 Å². The number of nitrogens with two attached hydrogens (primary N) is 1. The first kappa shape index (κ1) is 16.7. The van der Waals surface area contributed by atoms with Gasteiger partial charge in [0.1, 0.15) is 0 Å². The zero-order valence-electron chi connectivity index (χ0n) is 11.7. The number of carbonyl (C=O) groups excluding carboxylic acids is 1. The summed E-state index contributed by atoms with van der Waals surface area (Å²) in [4.78, 5) is 15.4. The molecule has 20 heavy (non-hydrogen) atoms. The van der Waals surface area contributed by atoms with Gasteiger partial charge in [-0.25, -0.2) is 0 Å². The molecule has 0 radical (unpaired) electrons.